The summed E-state index contributed by atoms with van der Waals surface area (Å²) in [5.41, 5.74) is 2.82. The zero-order valence-corrected chi connectivity index (χ0v) is 24.6. The molecule has 1 N–H and O–H groups in total. The normalized spacial score (nSPS) is 13.1. The highest BCUT2D eigenvalue weighted by Gasteiger charge is 2.24. The predicted octanol–water partition coefficient (Wildman–Crippen LogP) is 3.31. The van der Waals surface area contributed by atoms with Crippen molar-refractivity contribution in [2.45, 2.75) is 20.4 Å². The van der Waals surface area contributed by atoms with E-state index in [1.165, 1.54) is 10.6 Å². The van der Waals surface area contributed by atoms with Crippen LogP contribution in [-0.4, -0.2) is 78.4 Å². The second-order valence-electron chi connectivity index (χ2n) is 9.95. The summed E-state index contributed by atoms with van der Waals surface area (Å²) in [4.78, 5) is 51.3. The van der Waals surface area contributed by atoms with Crippen LogP contribution < -0.4 is 25.2 Å². The molecule has 4 aromatic rings. The molecular formula is C31H34N6O6. The highest BCUT2D eigenvalue weighted by atomic mass is 16.6. The number of aromatic nitrogens is 3. The number of rotatable bonds is 8. The van der Waals surface area contributed by atoms with Crippen molar-refractivity contribution in [2.24, 2.45) is 0 Å². The predicted molar refractivity (Wildman–Crippen MR) is 161 cm³/mol. The molecule has 2 aromatic carbocycles. The van der Waals surface area contributed by atoms with Gasteiger partial charge in [0.1, 0.15) is 0 Å². The van der Waals surface area contributed by atoms with Crippen LogP contribution in [0.25, 0.3) is 16.7 Å². The first-order valence-corrected chi connectivity index (χ1v) is 14.0. The van der Waals surface area contributed by atoms with Crippen LogP contribution in [0.3, 0.4) is 0 Å². The zero-order chi connectivity index (χ0) is 30.5. The van der Waals surface area contributed by atoms with Crippen molar-refractivity contribution in [2.75, 3.05) is 51.9 Å². The molecule has 224 valence electrons. The van der Waals surface area contributed by atoms with E-state index in [1.54, 1.807) is 62.4 Å². The second-order valence-corrected chi connectivity index (χ2v) is 9.95. The topological polar surface area (TPSA) is 128 Å². The quantitative estimate of drug-likeness (QED) is 0.331. The van der Waals surface area contributed by atoms with Crippen molar-refractivity contribution in [1.82, 2.24) is 24.8 Å². The number of aryl methyl sites for hydroxylation is 1. The van der Waals surface area contributed by atoms with Crippen molar-refractivity contribution < 1.29 is 23.8 Å². The Morgan fingerprint density at radius 3 is 2.30 bits per heavy atom. The molecule has 0 bridgehead atoms. The Bertz CT molecular complexity index is 1700. The van der Waals surface area contributed by atoms with E-state index in [1.807, 2.05) is 24.0 Å². The molecule has 12 nitrogen and oxygen atoms in total. The zero-order valence-electron chi connectivity index (χ0n) is 24.6. The van der Waals surface area contributed by atoms with E-state index in [2.05, 4.69) is 5.32 Å². The molecule has 0 atom stereocenters. The maximum atomic E-state index is 13.1. The number of benzene rings is 2. The summed E-state index contributed by atoms with van der Waals surface area (Å²) in [6.45, 7) is 6.33. The summed E-state index contributed by atoms with van der Waals surface area (Å²) in [5, 5.41) is 3.65. The molecule has 0 radical (unpaired) electrons. The Hall–Kier alpha value is -5.13. The van der Waals surface area contributed by atoms with Crippen LogP contribution in [0.1, 0.15) is 28.5 Å². The Morgan fingerprint density at radius 2 is 1.63 bits per heavy atom. The van der Waals surface area contributed by atoms with Crippen LogP contribution in [0.5, 0.6) is 11.5 Å². The van der Waals surface area contributed by atoms with Gasteiger partial charge in [-0.25, -0.2) is 9.78 Å². The van der Waals surface area contributed by atoms with Crippen molar-refractivity contribution in [3.05, 3.63) is 81.8 Å². The fourth-order valence-electron chi connectivity index (χ4n) is 4.98. The SMILES string of the molecule is CCOC(=O)N1CCN(c2nc(C)c3ccc(=O)n(-c4ccc(C(=O)NCc5ccc(OC)c(OC)c5)cc4)c3n2)CC1. The van der Waals surface area contributed by atoms with Crippen molar-refractivity contribution in [1.29, 1.82) is 0 Å². The molecular weight excluding hydrogens is 552 g/mol. The summed E-state index contributed by atoms with van der Waals surface area (Å²) in [5.74, 6) is 1.43. The van der Waals surface area contributed by atoms with Gasteiger partial charge in [-0.05, 0) is 61.9 Å². The number of pyridine rings is 1. The van der Waals surface area contributed by atoms with E-state index in [0.717, 1.165) is 16.6 Å². The van der Waals surface area contributed by atoms with Gasteiger partial charge in [0.15, 0.2) is 17.1 Å². The van der Waals surface area contributed by atoms with Gasteiger partial charge in [0.2, 0.25) is 5.95 Å². The lowest BCUT2D eigenvalue weighted by atomic mass is 10.1. The summed E-state index contributed by atoms with van der Waals surface area (Å²) >= 11 is 0. The molecule has 43 heavy (non-hydrogen) atoms. The molecule has 2 amide bonds. The summed E-state index contributed by atoms with van der Waals surface area (Å²) in [7, 11) is 3.13. The molecule has 1 aliphatic rings. The van der Waals surface area contributed by atoms with Gasteiger partial charge in [-0.2, -0.15) is 4.98 Å². The third-order valence-electron chi connectivity index (χ3n) is 7.31. The van der Waals surface area contributed by atoms with E-state index >= 15 is 0 Å². The second kappa shape index (κ2) is 12.8. The van der Waals surface area contributed by atoms with E-state index in [4.69, 9.17) is 24.2 Å². The number of methoxy groups -OCH3 is 2. The number of fused-ring (bicyclic) bond motifs is 1. The smallest absolute Gasteiger partial charge is 0.409 e. The molecule has 0 saturated carbocycles. The highest BCUT2D eigenvalue weighted by molar-refractivity contribution is 5.94. The van der Waals surface area contributed by atoms with Gasteiger partial charge in [0.05, 0.1) is 32.2 Å². The number of carbonyl (C=O) groups is 2. The minimum Gasteiger partial charge on any atom is -0.493 e. The van der Waals surface area contributed by atoms with E-state index < -0.39 is 0 Å². The van der Waals surface area contributed by atoms with Gasteiger partial charge in [-0.15, -0.1) is 0 Å². The molecule has 5 rings (SSSR count). The third kappa shape index (κ3) is 6.22. The van der Waals surface area contributed by atoms with Gasteiger partial charge in [0.25, 0.3) is 11.5 Å². The number of nitrogens with zero attached hydrogens (tertiary/aromatic N) is 5. The first-order valence-electron chi connectivity index (χ1n) is 14.0. The minimum absolute atomic E-state index is 0.255. The molecule has 12 heteroatoms. The summed E-state index contributed by atoms with van der Waals surface area (Å²) in [6, 6.07) is 15.5. The summed E-state index contributed by atoms with van der Waals surface area (Å²) in [6.07, 6.45) is -0.329. The number of hydrogen-bond donors (Lipinski definition) is 1. The lowest BCUT2D eigenvalue weighted by Crippen LogP contribution is -2.49. The first kappa shape index (κ1) is 29.4. The van der Waals surface area contributed by atoms with Crippen molar-refractivity contribution >= 4 is 29.0 Å². The molecule has 1 aliphatic heterocycles. The number of nitrogens with one attached hydrogen (secondary N) is 1. The van der Waals surface area contributed by atoms with Gasteiger partial charge >= 0.3 is 6.09 Å². The summed E-state index contributed by atoms with van der Waals surface area (Å²) < 4.78 is 17.2. The largest absolute Gasteiger partial charge is 0.493 e. The van der Waals surface area contributed by atoms with Gasteiger partial charge in [-0.3, -0.25) is 14.2 Å². The lowest BCUT2D eigenvalue weighted by Gasteiger charge is -2.34. The van der Waals surface area contributed by atoms with Crippen LogP contribution in [-0.2, 0) is 11.3 Å². The van der Waals surface area contributed by atoms with E-state index in [-0.39, 0.29) is 17.6 Å². The number of hydrogen-bond acceptors (Lipinski definition) is 9. The van der Waals surface area contributed by atoms with Gasteiger partial charge in [-0.1, -0.05) is 6.07 Å². The fraction of sp³-hybridized carbons (Fsp3) is 0.323. The average molecular weight is 587 g/mol. The fourth-order valence-corrected chi connectivity index (χ4v) is 4.98. The maximum Gasteiger partial charge on any atom is 0.409 e. The number of carbonyl (C=O) groups excluding carboxylic acids is 2. The van der Waals surface area contributed by atoms with Gasteiger partial charge in [0, 0.05) is 49.7 Å². The monoisotopic (exact) mass is 586 g/mol. The molecule has 1 fully saturated rings. The van der Waals surface area contributed by atoms with Crippen LogP contribution in [0.2, 0.25) is 0 Å². The van der Waals surface area contributed by atoms with E-state index in [9.17, 15) is 14.4 Å². The Morgan fingerprint density at radius 1 is 0.907 bits per heavy atom. The average Bonchev–Trinajstić information content (AvgIpc) is 3.03. The number of anilines is 1. The first-order chi connectivity index (χ1) is 20.8. The lowest BCUT2D eigenvalue weighted by molar-refractivity contribution is 0.0950. The van der Waals surface area contributed by atoms with Gasteiger partial charge < -0.3 is 29.3 Å². The number of amides is 2. The minimum atomic E-state index is -0.329. The molecule has 0 aliphatic carbocycles. The Labute approximate surface area is 248 Å². The van der Waals surface area contributed by atoms with Crippen LogP contribution >= 0.6 is 0 Å². The van der Waals surface area contributed by atoms with E-state index in [0.29, 0.717) is 73.7 Å². The number of ether oxygens (including phenoxy) is 3. The van der Waals surface area contributed by atoms with Crippen molar-refractivity contribution in [3.63, 3.8) is 0 Å². The Balaban J connectivity index is 1.36. The molecule has 2 aromatic heterocycles. The van der Waals surface area contributed by atoms with Crippen LogP contribution in [0.4, 0.5) is 10.7 Å². The standard InChI is InChI=1S/C31H34N6O6/c1-5-43-31(40)36-16-14-35(15-17-36)30-33-20(2)24-11-13-27(38)37(28(24)34-30)23-9-7-22(8-10-23)29(39)32-19-21-6-12-25(41-3)26(18-21)42-4/h6-13,18H,5,14-17,19H2,1-4H3,(H,32,39). The van der Waals surface area contributed by atoms with Crippen molar-refractivity contribution in [3.8, 4) is 17.2 Å². The molecule has 0 spiro atoms. The molecule has 3 heterocycles. The highest BCUT2D eigenvalue weighted by Crippen LogP contribution is 2.27. The van der Waals surface area contributed by atoms with Crippen LogP contribution in [0, 0.1) is 6.92 Å². The molecule has 0 unspecified atom stereocenters. The maximum absolute atomic E-state index is 13.1. The third-order valence-corrected chi connectivity index (χ3v) is 7.31. The Kier molecular flexibility index (Phi) is 8.74. The number of piperazine rings is 1. The van der Waals surface area contributed by atoms with Crippen LogP contribution in [0.15, 0.2) is 59.4 Å². The molecule has 1 saturated heterocycles.